The van der Waals surface area contributed by atoms with Gasteiger partial charge in [-0.2, -0.15) is 0 Å². The third-order valence-electron chi connectivity index (χ3n) is 3.82. The fourth-order valence-corrected chi connectivity index (χ4v) is 2.67. The summed E-state index contributed by atoms with van der Waals surface area (Å²) >= 11 is 5.75. The zero-order valence-corrected chi connectivity index (χ0v) is 12.5. The molecule has 0 bridgehead atoms. The first-order chi connectivity index (χ1) is 10.2. The summed E-state index contributed by atoms with van der Waals surface area (Å²) in [5.74, 6) is 0.301. The molecule has 4 heteroatoms. The van der Waals surface area contributed by atoms with Crippen molar-refractivity contribution < 1.29 is 4.39 Å². The molecule has 2 nitrogen and oxygen atoms in total. The molecule has 2 aromatic carbocycles. The van der Waals surface area contributed by atoms with E-state index in [1.165, 1.54) is 11.8 Å². The summed E-state index contributed by atoms with van der Waals surface area (Å²) in [6, 6.07) is 15.3. The molecule has 1 N–H and O–H groups in total. The van der Waals surface area contributed by atoms with Crippen LogP contribution in [0.3, 0.4) is 0 Å². The Kier molecular flexibility index (Phi) is 4.42. The lowest BCUT2D eigenvalue weighted by molar-refractivity contribution is 0.348. The minimum absolute atomic E-state index is 0.174. The van der Waals surface area contributed by atoms with Crippen LogP contribution in [0.25, 0.3) is 0 Å². The van der Waals surface area contributed by atoms with Gasteiger partial charge in [0, 0.05) is 37.8 Å². The second-order valence-electron chi connectivity index (χ2n) is 5.49. The molecule has 0 amide bonds. The van der Waals surface area contributed by atoms with Crippen molar-refractivity contribution in [3.63, 3.8) is 0 Å². The van der Waals surface area contributed by atoms with Crippen molar-refractivity contribution in [2.75, 3.05) is 24.5 Å². The van der Waals surface area contributed by atoms with Crippen LogP contribution in [0.4, 0.5) is 10.1 Å². The van der Waals surface area contributed by atoms with Gasteiger partial charge in [-0.3, -0.25) is 0 Å². The molecule has 21 heavy (non-hydrogen) atoms. The Morgan fingerprint density at radius 3 is 2.52 bits per heavy atom. The van der Waals surface area contributed by atoms with Crippen LogP contribution < -0.4 is 10.2 Å². The summed E-state index contributed by atoms with van der Waals surface area (Å²) in [5.41, 5.74) is 2.10. The number of rotatable bonds is 5. The van der Waals surface area contributed by atoms with Crippen LogP contribution in [0.5, 0.6) is 0 Å². The third kappa shape index (κ3) is 3.55. The molecule has 1 heterocycles. The molecule has 1 saturated heterocycles. The van der Waals surface area contributed by atoms with Crippen LogP contribution in [-0.2, 0) is 6.54 Å². The predicted molar refractivity (Wildman–Crippen MR) is 85.3 cm³/mol. The highest BCUT2D eigenvalue weighted by molar-refractivity contribution is 6.30. The van der Waals surface area contributed by atoms with Crippen LogP contribution in [0, 0.1) is 11.7 Å². The minimum Gasteiger partial charge on any atom is -0.367 e. The lowest BCUT2D eigenvalue weighted by Gasteiger charge is -2.34. The molecule has 0 aromatic heterocycles. The Morgan fingerprint density at radius 2 is 1.90 bits per heavy atom. The van der Waals surface area contributed by atoms with Gasteiger partial charge in [0.15, 0.2) is 0 Å². The van der Waals surface area contributed by atoms with E-state index in [1.54, 1.807) is 6.07 Å². The van der Waals surface area contributed by atoms with Crippen LogP contribution in [0.2, 0.25) is 5.02 Å². The SMILES string of the molecule is Fc1cc(CN(CC2CNC2)c2ccccc2)ccc1Cl. The van der Waals surface area contributed by atoms with Crippen molar-refractivity contribution in [1.82, 2.24) is 5.32 Å². The molecule has 3 rings (SSSR count). The second kappa shape index (κ2) is 6.46. The topological polar surface area (TPSA) is 15.3 Å². The van der Waals surface area contributed by atoms with Gasteiger partial charge >= 0.3 is 0 Å². The Hall–Kier alpha value is -1.58. The summed E-state index contributed by atoms with van der Waals surface area (Å²) in [4.78, 5) is 2.30. The molecule has 0 aliphatic carbocycles. The van der Waals surface area contributed by atoms with Crippen LogP contribution >= 0.6 is 11.6 Å². The number of anilines is 1. The normalized spacial score (nSPS) is 14.8. The van der Waals surface area contributed by atoms with Gasteiger partial charge in [-0.25, -0.2) is 4.39 Å². The van der Waals surface area contributed by atoms with Gasteiger partial charge in [-0.05, 0) is 29.8 Å². The highest BCUT2D eigenvalue weighted by Gasteiger charge is 2.20. The minimum atomic E-state index is -0.354. The highest BCUT2D eigenvalue weighted by Crippen LogP contribution is 2.22. The first kappa shape index (κ1) is 14.4. The summed E-state index contributed by atoms with van der Waals surface area (Å²) in [7, 11) is 0. The number of nitrogens with zero attached hydrogens (tertiary/aromatic N) is 1. The highest BCUT2D eigenvalue weighted by atomic mass is 35.5. The predicted octanol–water partition coefficient (Wildman–Crippen LogP) is 3.71. The third-order valence-corrected chi connectivity index (χ3v) is 4.13. The van der Waals surface area contributed by atoms with Gasteiger partial charge in [-0.15, -0.1) is 0 Å². The monoisotopic (exact) mass is 304 g/mol. The molecule has 0 saturated carbocycles. The zero-order chi connectivity index (χ0) is 14.7. The van der Waals surface area contributed by atoms with Crippen LogP contribution in [-0.4, -0.2) is 19.6 Å². The Balaban J connectivity index is 1.79. The van der Waals surface area contributed by atoms with Crippen molar-refractivity contribution in [3.8, 4) is 0 Å². The first-order valence-electron chi connectivity index (χ1n) is 7.17. The molecule has 1 fully saturated rings. The number of nitrogens with one attached hydrogen (secondary N) is 1. The molecular weight excluding hydrogens is 287 g/mol. The van der Waals surface area contributed by atoms with Crippen molar-refractivity contribution in [1.29, 1.82) is 0 Å². The maximum absolute atomic E-state index is 13.6. The Bertz CT molecular complexity index is 599. The first-order valence-corrected chi connectivity index (χ1v) is 7.55. The van der Waals surface area contributed by atoms with Crippen molar-refractivity contribution in [2.45, 2.75) is 6.54 Å². The van der Waals surface area contributed by atoms with Crippen LogP contribution in [0.15, 0.2) is 48.5 Å². The molecule has 1 aliphatic heterocycles. The fraction of sp³-hybridized carbons (Fsp3) is 0.294. The van der Waals surface area contributed by atoms with E-state index >= 15 is 0 Å². The average Bonchev–Trinajstić information content (AvgIpc) is 2.46. The summed E-state index contributed by atoms with van der Waals surface area (Å²) < 4.78 is 13.6. The van der Waals surface area contributed by atoms with Crippen molar-refractivity contribution in [2.24, 2.45) is 5.92 Å². The molecule has 1 aliphatic rings. The van der Waals surface area contributed by atoms with E-state index in [-0.39, 0.29) is 10.8 Å². The maximum Gasteiger partial charge on any atom is 0.142 e. The Morgan fingerprint density at radius 1 is 1.14 bits per heavy atom. The van der Waals surface area contributed by atoms with Gasteiger partial charge in [-0.1, -0.05) is 35.9 Å². The van der Waals surface area contributed by atoms with Crippen molar-refractivity contribution >= 4 is 17.3 Å². The zero-order valence-electron chi connectivity index (χ0n) is 11.7. The standard InChI is InChI=1S/C17H18ClFN2/c18-16-7-6-13(8-17(16)19)11-21(12-14-9-20-10-14)15-4-2-1-3-5-15/h1-8,14,20H,9-12H2. The molecule has 2 aromatic rings. The number of hydrogen-bond donors (Lipinski definition) is 1. The summed E-state index contributed by atoms with van der Waals surface area (Å²) in [6.07, 6.45) is 0. The lowest BCUT2D eigenvalue weighted by Crippen LogP contribution is -2.48. The van der Waals surface area contributed by atoms with Gasteiger partial charge in [0.25, 0.3) is 0 Å². The van der Waals surface area contributed by atoms with E-state index in [2.05, 4.69) is 22.3 Å². The molecule has 0 spiro atoms. The maximum atomic E-state index is 13.6. The van der Waals surface area contributed by atoms with E-state index in [0.717, 1.165) is 25.2 Å². The van der Waals surface area contributed by atoms with Gasteiger partial charge in [0.2, 0.25) is 0 Å². The molecule has 0 radical (unpaired) electrons. The van der Waals surface area contributed by atoms with E-state index in [9.17, 15) is 4.39 Å². The molecule has 0 unspecified atom stereocenters. The van der Waals surface area contributed by atoms with E-state index in [4.69, 9.17) is 11.6 Å². The fourth-order valence-electron chi connectivity index (χ4n) is 2.55. The quantitative estimate of drug-likeness (QED) is 0.906. The number of para-hydroxylation sites is 1. The van der Waals surface area contributed by atoms with Crippen LogP contribution in [0.1, 0.15) is 5.56 Å². The van der Waals surface area contributed by atoms with E-state index < -0.39 is 0 Å². The number of benzene rings is 2. The smallest absolute Gasteiger partial charge is 0.142 e. The number of halogens is 2. The molecule has 0 atom stereocenters. The largest absolute Gasteiger partial charge is 0.367 e. The van der Waals surface area contributed by atoms with Crippen molar-refractivity contribution in [3.05, 3.63) is 64.9 Å². The molecular formula is C17H18ClFN2. The number of hydrogen-bond acceptors (Lipinski definition) is 2. The summed E-state index contributed by atoms with van der Waals surface area (Å²) in [5, 5.41) is 3.47. The Labute approximate surface area is 129 Å². The molecule has 110 valence electrons. The van der Waals surface area contributed by atoms with Gasteiger partial charge in [0.05, 0.1) is 5.02 Å². The van der Waals surface area contributed by atoms with E-state index in [1.807, 2.05) is 24.3 Å². The summed E-state index contributed by atoms with van der Waals surface area (Å²) in [6.45, 7) is 3.77. The van der Waals surface area contributed by atoms with E-state index in [0.29, 0.717) is 12.5 Å². The lowest BCUT2D eigenvalue weighted by atomic mass is 10.0. The average molecular weight is 305 g/mol. The van der Waals surface area contributed by atoms with Gasteiger partial charge < -0.3 is 10.2 Å². The second-order valence-corrected chi connectivity index (χ2v) is 5.90. The van der Waals surface area contributed by atoms with Gasteiger partial charge in [0.1, 0.15) is 5.82 Å².